The van der Waals surface area contributed by atoms with E-state index < -0.39 is 0 Å². The molecule has 2 unspecified atom stereocenters. The summed E-state index contributed by atoms with van der Waals surface area (Å²) in [6.07, 6.45) is 3.49. The van der Waals surface area contributed by atoms with Gasteiger partial charge < -0.3 is 15.4 Å². The van der Waals surface area contributed by atoms with Crippen LogP contribution in [-0.4, -0.2) is 32.8 Å². The predicted molar refractivity (Wildman–Crippen MR) is 85.3 cm³/mol. The van der Waals surface area contributed by atoms with Crippen molar-refractivity contribution in [1.82, 2.24) is 0 Å². The fourth-order valence-corrected chi connectivity index (χ4v) is 3.23. The molecular formula is C17H28N2O. The van der Waals surface area contributed by atoms with Gasteiger partial charge in [-0.3, -0.25) is 0 Å². The standard InChI is InChI=1S/C17H28N2O/c1-13-9-15(10-14(2)18)6-7-17(13)19-8-4-5-16(11-19)12-20-3/h6-7,9,14,16H,4-5,8,10-12,18H2,1-3H3. The van der Waals surface area contributed by atoms with E-state index in [1.54, 1.807) is 7.11 Å². The van der Waals surface area contributed by atoms with Gasteiger partial charge in [-0.05, 0) is 56.2 Å². The predicted octanol–water partition coefficient (Wildman–Crippen LogP) is 2.75. The van der Waals surface area contributed by atoms with Crippen LogP contribution < -0.4 is 10.6 Å². The highest BCUT2D eigenvalue weighted by molar-refractivity contribution is 5.55. The highest BCUT2D eigenvalue weighted by atomic mass is 16.5. The lowest BCUT2D eigenvalue weighted by Gasteiger charge is -2.35. The number of nitrogens with two attached hydrogens (primary N) is 1. The Balaban J connectivity index is 2.08. The smallest absolute Gasteiger partial charge is 0.0507 e. The number of methoxy groups -OCH3 is 1. The van der Waals surface area contributed by atoms with Crippen LogP contribution in [0.5, 0.6) is 0 Å². The van der Waals surface area contributed by atoms with Crippen LogP contribution in [0.2, 0.25) is 0 Å². The summed E-state index contributed by atoms with van der Waals surface area (Å²) >= 11 is 0. The fraction of sp³-hybridized carbons (Fsp3) is 0.647. The molecule has 1 saturated heterocycles. The van der Waals surface area contributed by atoms with E-state index >= 15 is 0 Å². The normalized spacial score (nSPS) is 21.0. The van der Waals surface area contributed by atoms with Crippen LogP contribution >= 0.6 is 0 Å². The van der Waals surface area contributed by atoms with E-state index in [0.717, 1.165) is 26.1 Å². The monoisotopic (exact) mass is 276 g/mol. The molecule has 0 radical (unpaired) electrons. The SMILES string of the molecule is COCC1CCCN(c2ccc(CC(C)N)cc2C)C1. The molecule has 3 heteroatoms. The van der Waals surface area contributed by atoms with Gasteiger partial charge >= 0.3 is 0 Å². The van der Waals surface area contributed by atoms with E-state index in [1.807, 2.05) is 0 Å². The number of nitrogens with zero attached hydrogens (tertiary/aromatic N) is 1. The molecule has 1 aromatic carbocycles. The molecule has 1 aromatic rings. The van der Waals surface area contributed by atoms with E-state index in [2.05, 4.69) is 36.9 Å². The quantitative estimate of drug-likeness (QED) is 0.898. The lowest BCUT2D eigenvalue weighted by molar-refractivity contribution is 0.143. The number of benzene rings is 1. The zero-order chi connectivity index (χ0) is 14.5. The summed E-state index contributed by atoms with van der Waals surface area (Å²) in [7, 11) is 1.80. The largest absolute Gasteiger partial charge is 0.384 e. The molecule has 0 amide bonds. The second-order valence-electron chi connectivity index (χ2n) is 6.21. The second-order valence-corrected chi connectivity index (χ2v) is 6.21. The summed E-state index contributed by atoms with van der Waals surface area (Å²) in [6, 6.07) is 7.01. The van der Waals surface area contributed by atoms with Gasteiger partial charge in [0.15, 0.2) is 0 Å². The summed E-state index contributed by atoms with van der Waals surface area (Å²) in [5.41, 5.74) is 9.96. The maximum Gasteiger partial charge on any atom is 0.0507 e. The Labute approximate surface area is 123 Å². The van der Waals surface area contributed by atoms with Gasteiger partial charge in [0.25, 0.3) is 0 Å². The van der Waals surface area contributed by atoms with E-state index in [-0.39, 0.29) is 6.04 Å². The van der Waals surface area contributed by atoms with Gasteiger partial charge in [-0.25, -0.2) is 0 Å². The van der Waals surface area contributed by atoms with Gasteiger partial charge in [0.2, 0.25) is 0 Å². The molecular weight excluding hydrogens is 248 g/mol. The third kappa shape index (κ3) is 3.97. The van der Waals surface area contributed by atoms with Gasteiger partial charge in [-0.1, -0.05) is 12.1 Å². The molecule has 1 aliphatic heterocycles. The molecule has 0 aromatic heterocycles. The van der Waals surface area contributed by atoms with Crippen molar-refractivity contribution in [1.29, 1.82) is 0 Å². The minimum absolute atomic E-state index is 0.223. The highest BCUT2D eigenvalue weighted by Crippen LogP contribution is 2.27. The third-order valence-corrected chi connectivity index (χ3v) is 4.08. The summed E-state index contributed by atoms with van der Waals surface area (Å²) in [6.45, 7) is 7.41. The zero-order valence-electron chi connectivity index (χ0n) is 13.1. The Hall–Kier alpha value is -1.06. The Morgan fingerprint density at radius 1 is 1.45 bits per heavy atom. The maximum atomic E-state index is 5.88. The molecule has 0 aliphatic carbocycles. The molecule has 1 aliphatic rings. The van der Waals surface area contributed by atoms with Crippen molar-refractivity contribution in [2.45, 2.75) is 39.2 Å². The Kier molecular flexibility index (Phi) is 5.44. The molecule has 0 spiro atoms. The molecule has 2 atom stereocenters. The van der Waals surface area contributed by atoms with Crippen LogP contribution in [0, 0.1) is 12.8 Å². The first-order valence-electron chi connectivity index (χ1n) is 7.69. The van der Waals surface area contributed by atoms with Crippen molar-refractivity contribution in [3.05, 3.63) is 29.3 Å². The van der Waals surface area contributed by atoms with Crippen LogP contribution in [0.3, 0.4) is 0 Å². The van der Waals surface area contributed by atoms with E-state index in [0.29, 0.717) is 5.92 Å². The van der Waals surface area contributed by atoms with Gasteiger partial charge in [0, 0.05) is 31.9 Å². The molecule has 112 valence electrons. The number of aryl methyl sites for hydroxylation is 1. The van der Waals surface area contributed by atoms with Crippen molar-refractivity contribution >= 4 is 5.69 Å². The average molecular weight is 276 g/mol. The zero-order valence-corrected chi connectivity index (χ0v) is 13.1. The molecule has 20 heavy (non-hydrogen) atoms. The van der Waals surface area contributed by atoms with E-state index in [9.17, 15) is 0 Å². The Morgan fingerprint density at radius 2 is 2.25 bits per heavy atom. The number of rotatable bonds is 5. The third-order valence-electron chi connectivity index (χ3n) is 4.08. The minimum atomic E-state index is 0.223. The summed E-state index contributed by atoms with van der Waals surface area (Å²) in [5, 5.41) is 0. The molecule has 0 saturated carbocycles. The Bertz CT molecular complexity index is 429. The number of ether oxygens (including phenoxy) is 1. The maximum absolute atomic E-state index is 5.88. The van der Waals surface area contributed by atoms with Crippen molar-refractivity contribution in [3.8, 4) is 0 Å². The van der Waals surface area contributed by atoms with Crippen molar-refractivity contribution in [2.75, 3.05) is 31.7 Å². The van der Waals surface area contributed by atoms with Gasteiger partial charge in [0.1, 0.15) is 0 Å². The van der Waals surface area contributed by atoms with Crippen LogP contribution in [-0.2, 0) is 11.2 Å². The fourth-order valence-electron chi connectivity index (χ4n) is 3.23. The number of hydrogen-bond acceptors (Lipinski definition) is 3. The van der Waals surface area contributed by atoms with Gasteiger partial charge in [0.05, 0.1) is 6.61 Å². The van der Waals surface area contributed by atoms with Crippen LogP contribution in [0.25, 0.3) is 0 Å². The lowest BCUT2D eigenvalue weighted by Crippen LogP contribution is -2.37. The molecule has 1 fully saturated rings. The number of piperidine rings is 1. The molecule has 3 nitrogen and oxygen atoms in total. The lowest BCUT2D eigenvalue weighted by atomic mass is 9.97. The average Bonchev–Trinajstić information content (AvgIpc) is 2.39. The second kappa shape index (κ2) is 7.09. The van der Waals surface area contributed by atoms with E-state index in [4.69, 9.17) is 10.5 Å². The first-order valence-corrected chi connectivity index (χ1v) is 7.69. The Morgan fingerprint density at radius 3 is 2.90 bits per heavy atom. The first kappa shape index (κ1) is 15.3. The molecule has 2 N–H and O–H groups in total. The molecule has 1 heterocycles. The van der Waals surface area contributed by atoms with Crippen molar-refractivity contribution in [2.24, 2.45) is 11.7 Å². The summed E-state index contributed by atoms with van der Waals surface area (Å²) < 4.78 is 5.32. The number of hydrogen-bond donors (Lipinski definition) is 1. The molecule has 2 rings (SSSR count). The van der Waals surface area contributed by atoms with Gasteiger partial charge in [-0.15, -0.1) is 0 Å². The summed E-state index contributed by atoms with van der Waals surface area (Å²) in [4.78, 5) is 2.51. The summed E-state index contributed by atoms with van der Waals surface area (Å²) in [5.74, 6) is 0.664. The minimum Gasteiger partial charge on any atom is -0.384 e. The van der Waals surface area contributed by atoms with E-state index in [1.165, 1.54) is 29.7 Å². The van der Waals surface area contributed by atoms with Crippen LogP contribution in [0.15, 0.2) is 18.2 Å². The van der Waals surface area contributed by atoms with Gasteiger partial charge in [-0.2, -0.15) is 0 Å². The van der Waals surface area contributed by atoms with Crippen LogP contribution in [0.4, 0.5) is 5.69 Å². The highest BCUT2D eigenvalue weighted by Gasteiger charge is 2.21. The van der Waals surface area contributed by atoms with Crippen molar-refractivity contribution in [3.63, 3.8) is 0 Å². The first-order chi connectivity index (χ1) is 9.60. The van der Waals surface area contributed by atoms with Crippen LogP contribution in [0.1, 0.15) is 30.9 Å². The van der Waals surface area contributed by atoms with Crippen molar-refractivity contribution < 1.29 is 4.74 Å². The molecule has 0 bridgehead atoms. The number of anilines is 1. The topological polar surface area (TPSA) is 38.5 Å².